The summed E-state index contributed by atoms with van der Waals surface area (Å²) in [5.74, 6) is 0.589. The molecule has 0 saturated carbocycles. The van der Waals surface area contributed by atoms with E-state index >= 15 is 0 Å². The molecule has 1 atom stereocenters. The fourth-order valence-electron chi connectivity index (χ4n) is 3.71. The van der Waals surface area contributed by atoms with Gasteiger partial charge in [0.05, 0.1) is 5.75 Å². The predicted octanol–water partition coefficient (Wildman–Crippen LogP) is 3.58. The molecule has 1 unspecified atom stereocenters. The third-order valence-corrected chi connectivity index (χ3v) is 7.48. The van der Waals surface area contributed by atoms with Crippen LogP contribution in [0, 0.1) is 0 Å². The topological polar surface area (TPSA) is 54.3 Å². The fourth-order valence-corrected chi connectivity index (χ4v) is 5.26. The summed E-state index contributed by atoms with van der Waals surface area (Å²) in [5.41, 5.74) is 1.33. The van der Waals surface area contributed by atoms with Crippen LogP contribution in [-0.2, 0) is 17.8 Å². The van der Waals surface area contributed by atoms with Crippen LogP contribution in [0.5, 0.6) is 0 Å². The van der Waals surface area contributed by atoms with Crippen molar-refractivity contribution in [2.24, 2.45) is 0 Å². The molecular weight excluding hydrogens is 414 g/mol. The van der Waals surface area contributed by atoms with Gasteiger partial charge in [-0.05, 0) is 30.4 Å². The summed E-state index contributed by atoms with van der Waals surface area (Å²) in [4.78, 5) is 18.5. The summed E-state index contributed by atoms with van der Waals surface area (Å²) in [6.45, 7) is 6.45. The Kier molecular flexibility index (Phi) is 7.20. The molecule has 1 saturated heterocycles. The highest BCUT2D eigenvalue weighted by atomic mass is 32.2. The highest BCUT2D eigenvalue weighted by Gasteiger charge is 2.25. The van der Waals surface area contributed by atoms with Crippen molar-refractivity contribution in [3.8, 4) is 0 Å². The number of amides is 1. The molecule has 8 heteroatoms. The highest BCUT2D eigenvalue weighted by molar-refractivity contribution is 7.99. The molecule has 3 aromatic rings. The van der Waals surface area contributed by atoms with Crippen LogP contribution in [0.1, 0.15) is 23.4 Å². The molecule has 1 aliphatic heterocycles. The van der Waals surface area contributed by atoms with Crippen molar-refractivity contribution < 1.29 is 4.79 Å². The van der Waals surface area contributed by atoms with E-state index in [0.717, 1.165) is 44.3 Å². The standard InChI is InChI=1S/C22H27N5OS2/c1-18(19-6-3-2-4-7-19)25-11-13-26(14-12-25)21(28)16-30-22-24-23-17-27(22)10-9-20-8-5-15-29-20/h2-8,15,17-18H,9-14,16H2,1H3. The molecule has 0 N–H and O–H groups in total. The quantitative estimate of drug-likeness (QED) is 0.500. The Morgan fingerprint density at radius 2 is 1.93 bits per heavy atom. The van der Waals surface area contributed by atoms with E-state index in [-0.39, 0.29) is 5.91 Å². The molecule has 3 heterocycles. The van der Waals surface area contributed by atoms with E-state index in [1.165, 1.54) is 22.2 Å². The van der Waals surface area contributed by atoms with Crippen LogP contribution >= 0.6 is 23.1 Å². The maximum absolute atomic E-state index is 12.7. The number of nitrogens with zero attached hydrogens (tertiary/aromatic N) is 5. The minimum Gasteiger partial charge on any atom is -0.339 e. The van der Waals surface area contributed by atoms with Crippen molar-refractivity contribution in [1.29, 1.82) is 0 Å². The Labute approximate surface area is 185 Å². The molecule has 0 bridgehead atoms. The number of rotatable bonds is 8. The van der Waals surface area contributed by atoms with E-state index in [2.05, 4.69) is 63.8 Å². The zero-order valence-corrected chi connectivity index (χ0v) is 18.8. The molecule has 30 heavy (non-hydrogen) atoms. The number of piperazine rings is 1. The minimum absolute atomic E-state index is 0.180. The zero-order valence-electron chi connectivity index (χ0n) is 17.2. The molecule has 0 aliphatic carbocycles. The second-order valence-corrected chi connectivity index (χ2v) is 9.40. The Morgan fingerprint density at radius 1 is 1.13 bits per heavy atom. The Hall–Kier alpha value is -2.16. The molecule has 2 aromatic heterocycles. The van der Waals surface area contributed by atoms with Crippen molar-refractivity contribution in [3.63, 3.8) is 0 Å². The van der Waals surface area contributed by atoms with Gasteiger partial charge in [-0.2, -0.15) is 0 Å². The highest BCUT2D eigenvalue weighted by Crippen LogP contribution is 2.22. The number of benzene rings is 1. The van der Waals surface area contributed by atoms with E-state index in [4.69, 9.17) is 0 Å². The lowest BCUT2D eigenvalue weighted by atomic mass is 10.1. The largest absolute Gasteiger partial charge is 0.339 e. The number of thioether (sulfide) groups is 1. The summed E-state index contributed by atoms with van der Waals surface area (Å²) < 4.78 is 2.04. The number of carbonyl (C=O) groups is 1. The van der Waals surface area contributed by atoms with Gasteiger partial charge in [0.2, 0.25) is 5.91 Å². The summed E-state index contributed by atoms with van der Waals surface area (Å²) in [7, 11) is 0. The first-order chi connectivity index (χ1) is 14.7. The zero-order chi connectivity index (χ0) is 20.8. The van der Waals surface area contributed by atoms with Crippen molar-refractivity contribution in [2.45, 2.75) is 31.1 Å². The number of hydrogen-bond acceptors (Lipinski definition) is 6. The molecule has 1 aromatic carbocycles. The van der Waals surface area contributed by atoms with Crippen molar-refractivity contribution >= 4 is 29.0 Å². The average Bonchev–Trinajstić information content (AvgIpc) is 3.48. The fraction of sp³-hybridized carbons (Fsp3) is 0.409. The van der Waals surface area contributed by atoms with Crippen LogP contribution in [0.2, 0.25) is 0 Å². The summed E-state index contributed by atoms with van der Waals surface area (Å²) >= 11 is 3.25. The van der Waals surface area contributed by atoms with Crippen LogP contribution in [0.3, 0.4) is 0 Å². The number of thiophene rings is 1. The van der Waals surface area contributed by atoms with Gasteiger partial charge in [-0.1, -0.05) is 48.2 Å². The van der Waals surface area contributed by atoms with Crippen LogP contribution in [0.4, 0.5) is 0 Å². The van der Waals surface area contributed by atoms with Gasteiger partial charge in [0.25, 0.3) is 0 Å². The first kappa shape index (κ1) is 21.1. The smallest absolute Gasteiger partial charge is 0.233 e. The molecule has 158 valence electrons. The summed E-state index contributed by atoms with van der Waals surface area (Å²) in [6.07, 6.45) is 2.71. The summed E-state index contributed by atoms with van der Waals surface area (Å²) in [5, 5.41) is 11.1. The van der Waals surface area contributed by atoms with E-state index in [1.807, 2.05) is 15.5 Å². The van der Waals surface area contributed by atoms with Crippen LogP contribution in [0.25, 0.3) is 0 Å². The third kappa shape index (κ3) is 5.30. The van der Waals surface area contributed by atoms with E-state index in [9.17, 15) is 4.79 Å². The average molecular weight is 442 g/mol. The summed E-state index contributed by atoms with van der Waals surface area (Å²) in [6, 6.07) is 15.2. The minimum atomic E-state index is 0.180. The third-order valence-electron chi connectivity index (χ3n) is 5.58. The molecule has 0 radical (unpaired) electrons. The maximum atomic E-state index is 12.7. The van der Waals surface area contributed by atoms with E-state index in [0.29, 0.717) is 11.8 Å². The molecular formula is C22H27N5OS2. The monoisotopic (exact) mass is 441 g/mol. The first-order valence-electron chi connectivity index (χ1n) is 10.3. The van der Waals surface area contributed by atoms with Crippen molar-refractivity contribution in [1.82, 2.24) is 24.6 Å². The maximum Gasteiger partial charge on any atom is 0.233 e. The van der Waals surface area contributed by atoms with Gasteiger partial charge in [-0.25, -0.2) is 0 Å². The van der Waals surface area contributed by atoms with Crippen molar-refractivity contribution in [3.05, 3.63) is 64.6 Å². The Bertz CT molecular complexity index is 920. The Balaban J connectivity index is 1.23. The van der Waals surface area contributed by atoms with Crippen LogP contribution in [-0.4, -0.2) is 62.4 Å². The molecule has 1 aliphatic rings. The SMILES string of the molecule is CC(c1ccccc1)N1CCN(C(=O)CSc2nncn2CCc2cccs2)CC1. The lowest BCUT2D eigenvalue weighted by Gasteiger charge is -2.38. The number of hydrogen-bond donors (Lipinski definition) is 0. The number of carbonyl (C=O) groups excluding carboxylic acids is 1. The van der Waals surface area contributed by atoms with Gasteiger partial charge in [-0.15, -0.1) is 21.5 Å². The van der Waals surface area contributed by atoms with Crippen molar-refractivity contribution in [2.75, 3.05) is 31.9 Å². The first-order valence-corrected chi connectivity index (χ1v) is 12.2. The number of aryl methyl sites for hydroxylation is 2. The Morgan fingerprint density at radius 3 is 2.67 bits per heavy atom. The normalized spacial score (nSPS) is 16.0. The number of aromatic nitrogens is 3. The van der Waals surface area contributed by atoms with E-state index in [1.54, 1.807) is 17.7 Å². The molecule has 1 amide bonds. The second kappa shape index (κ2) is 10.2. The lowest BCUT2D eigenvalue weighted by Crippen LogP contribution is -2.49. The predicted molar refractivity (Wildman–Crippen MR) is 122 cm³/mol. The van der Waals surface area contributed by atoms with Gasteiger partial charge in [-0.3, -0.25) is 9.69 Å². The van der Waals surface area contributed by atoms with Gasteiger partial charge in [0.1, 0.15) is 6.33 Å². The molecule has 1 fully saturated rings. The molecule has 0 spiro atoms. The van der Waals surface area contributed by atoms with Gasteiger partial charge < -0.3 is 9.47 Å². The van der Waals surface area contributed by atoms with Gasteiger partial charge in [0, 0.05) is 43.6 Å². The lowest BCUT2D eigenvalue weighted by molar-refractivity contribution is -0.130. The van der Waals surface area contributed by atoms with E-state index < -0.39 is 0 Å². The van der Waals surface area contributed by atoms with Crippen LogP contribution in [0.15, 0.2) is 59.3 Å². The molecule has 4 rings (SSSR count). The van der Waals surface area contributed by atoms with Gasteiger partial charge in [0.15, 0.2) is 5.16 Å². The second-order valence-electron chi connectivity index (χ2n) is 7.43. The van der Waals surface area contributed by atoms with Crippen LogP contribution < -0.4 is 0 Å². The van der Waals surface area contributed by atoms with Gasteiger partial charge >= 0.3 is 0 Å². The molecule has 6 nitrogen and oxygen atoms in total.